The van der Waals surface area contributed by atoms with E-state index >= 15 is 0 Å². The van der Waals surface area contributed by atoms with E-state index in [-0.39, 0.29) is 5.75 Å². The average Bonchev–Trinajstić information content (AvgIpc) is 3.21. The topological polar surface area (TPSA) is 83.0 Å². The Balaban J connectivity index is 1.69. The Bertz CT molecular complexity index is 754. The number of benzene rings is 1. The Morgan fingerprint density at radius 1 is 1.18 bits per heavy atom. The number of nitrogens with one attached hydrogen (secondary N) is 2. The summed E-state index contributed by atoms with van der Waals surface area (Å²) in [7, 11) is -3.35. The van der Waals surface area contributed by atoms with Gasteiger partial charge in [0.1, 0.15) is 0 Å². The summed E-state index contributed by atoms with van der Waals surface area (Å²) >= 11 is 0. The molecule has 2 N–H and O–H groups in total. The van der Waals surface area contributed by atoms with Gasteiger partial charge in [-0.15, -0.1) is 0 Å². The molecule has 0 unspecified atom stereocenters. The zero-order valence-corrected chi connectivity index (χ0v) is 17.5. The fourth-order valence-corrected chi connectivity index (χ4v) is 5.28. The molecule has 1 aliphatic carbocycles. The Kier molecular flexibility index (Phi) is 7.70. The number of morpholine rings is 1. The smallest absolute Gasteiger partial charge is 0.218 e. The van der Waals surface area contributed by atoms with E-state index in [9.17, 15) is 8.42 Å². The van der Waals surface area contributed by atoms with Crippen molar-refractivity contribution in [2.45, 2.75) is 50.9 Å². The van der Waals surface area contributed by atoms with Crippen molar-refractivity contribution >= 4 is 16.0 Å². The molecule has 0 atom stereocenters. The van der Waals surface area contributed by atoms with Gasteiger partial charge in [-0.25, -0.2) is 13.4 Å². The van der Waals surface area contributed by atoms with Crippen LogP contribution in [0.3, 0.4) is 0 Å². The normalized spacial score (nSPS) is 19.7. The van der Waals surface area contributed by atoms with Crippen LogP contribution < -0.4 is 10.6 Å². The van der Waals surface area contributed by atoms with Crippen LogP contribution in [-0.4, -0.2) is 57.6 Å². The predicted octanol–water partition coefficient (Wildman–Crippen LogP) is 1.85. The molecule has 0 bridgehead atoms. The molecule has 8 heteroatoms. The van der Waals surface area contributed by atoms with Gasteiger partial charge in [-0.05, 0) is 30.9 Å². The number of nitrogens with zero attached hydrogens (tertiary/aromatic N) is 2. The molecule has 2 aliphatic rings. The number of hydrogen-bond acceptors (Lipinski definition) is 4. The quantitative estimate of drug-likeness (QED) is 0.531. The molecule has 1 saturated heterocycles. The number of sulfonamides is 1. The molecule has 2 fully saturated rings. The van der Waals surface area contributed by atoms with Crippen LogP contribution in [0.4, 0.5) is 0 Å². The van der Waals surface area contributed by atoms with E-state index in [0.29, 0.717) is 38.9 Å². The second kappa shape index (κ2) is 10.2. The summed E-state index contributed by atoms with van der Waals surface area (Å²) in [5.74, 6) is 0.811. The first kappa shape index (κ1) is 21.1. The summed E-state index contributed by atoms with van der Waals surface area (Å²) in [5.41, 5.74) is 1.76. The van der Waals surface area contributed by atoms with E-state index in [4.69, 9.17) is 9.73 Å². The highest BCUT2D eigenvalue weighted by Gasteiger charge is 2.25. The van der Waals surface area contributed by atoms with Gasteiger partial charge in [0.2, 0.25) is 10.0 Å². The van der Waals surface area contributed by atoms with Gasteiger partial charge >= 0.3 is 0 Å². The molecule has 7 nitrogen and oxygen atoms in total. The lowest BCUT2D eigenvalue weighted by Crippen LogP contribution is -2.42. The molecule has 0 aromatic heterocycles. The van der Waals surface area contributed by atoms with E-state index < -0.39 is 10.0 Å². The van der Waals surface area contributed by atoms with Crippen LogP contribution in [0.1, 0.15) is 43.7 Å². The van der Waals surface area contributed by atoms with Gasteiger partial charge in [0, 0.05) is 25.7 Å². The van der Waals surface area contributed by atoms with E-state index in [1.165, 1.54) is 30.0 Å². The fraction of sp³-hybridized carbons (Fsp3) is 0.650. The average molecular weight is 409 g/mol. The van der Waals surface area contributed by atoms with Gasteiger partial charge in [0.15, 0.2) is 5.96 Å². The van der Waals surface area contributed by atoms with Crippen LogP contribution in [0.2, 0.25) is 0 Å². The first-order valence-electron chi connectivity index (χ1n) is 10.3. The number of ether oxygens (including phenoxy) is 1. The maximum Gasteiger partial charge on any atom is 0.218 e. The Morgan fingerprint density at radius 3 is 2.54 bits per heavy atom. The van der Waals surface area contributed by atoms with E-state index in [0.717, 1.165) is 23.6 Å². The van der Waals surface area contributed by atoms with Crippen molar-refractivity contribution in [3.8, 4) is 0 Å². The number of hydrogen-bond donors (Lipinski definition) is 2. The molecule has 1 saturated carbocycles. The minimum absolute atomic E-state index is 0.00524. The highest BCUT2D eigenvalue weighted by Crippen LogP contribution is 2.19. The van der Waals surface area contributed by atoms with Crippen molar-refractivity contribution in [2.24, 2.45) is 4.99 Å². The lowest BCUT2D eigenvalue weighted by Gasteiger charge is -2.26. The van der Waals surface area contributed by atoms with Crippen LogP contribution in [0.25, 0.3) is 0 Å². The van der Waals surface area contributed by atoms with Gasteiger partial charge in [-0.2, -0.15) is 4.31 Å². The number of aliphatic imine (C=N–C) groups is 1. The van der Waals surface area contributed by atoms with Gasteiger partial charge in [-0.3, -0.25) is 0 Å². The van der Waals surface area contributed by atoms with Crippen molar-refractivity contribution in [3.63, 3.8) is 0 Å². The summed E-state index contributed by atoms with van der Waals surface area (Å²) in [6.07, 6.45) is 4.89. The van der Waals surface area contributed by atoms with Crippen LogP contribution >= 0.6 is 0 Å². The summed E-state index contributed by atoms with van der Waals surface area (Å²) in [5, 5.41) is 6.80. The lowest BCUT2D eigenvalue weighted by atomic mass is 10.1. The van der Waals surface area contributed by atoms with E-state index in [1.807, 2.05) is 24.3 Å². The van der Waals surface area contributed by atoms with Crippen molar-refractivity contribution in [1.82, 2.24) is 14.9 Å². The Labute approximate surface area is 168 Å². The van der Waals surface area contributed by atoms with Gasteiger partial charge < -0.3 is 15.4 Å². The van der Waals surface area contributed by atoms with E-state index in [1.54, 1.807) is 0 Å². The molecule has 1 aromatic carbocycles. The van der Waals surface area contributed by atoms with Crippen LogP contribution in [-0.2, 0) is 27.1 Å². The van der Waals surface area contributed by atoms with Crippen molar-refractivity contribution < 1.29 is 13.2 Å². The molecule has 0 radical (unpaired) electrons. The van der Waals surface area contributed by atoms with Crippen LogP contribution in [0.5, 0.6) is 0 Å². The molecule has 0 amide bonds. The summed E-state index contributed by atoms with van der Waals surface area (Å²) in [6, 6.07) is 8.16. The highest BCUT2D eigenvalue weighted by molar-refractivity contribution is 7.88. The molecular weight excluding hydrogens is 376 g/mol. The minimum Gasteiger partial charge on any atom is -0.379 e. The summed E-state index contributed by atoms with van der Waals surface area (Å²) < 4.78 is 32.4. The summed E-state index contributed by atoms with van der Waals surface area (Å²) in [4.78, 5) is 4.72. The number of guanidine groups is 1. The molecule has 1 aromatic rings. The largest absolute Gasteiger partial charge is 0.379 e. The molecule has 3 rings (SSSR count). The van der Waals surface area contributed by atoms with Crippen molar-refractivity contribution in [2.75, 3.05) is 32.8 Å². The lowest BCUT2D eigenvalue weighted by molar-refractivity contribution is 0.0729. The monoisotopic (exact) mass is 408 g/mol. The first-order chi connectivity index (χ1) is 13.6. The second-order valence-electron chi connectivity index (χ2n) is 7.36. The van der Waals surface area contributed by atoms with Gasteiger partial charge in [-0.1, -0.05) is 37.1 Å². The molecule has 1 heterocycles. The number of rotatable bonds is 7. The Hall–Kier alpha value is -1.64. The van der Waals surface area contributed by atoms with Crippen molar-refractivity contribution in [1.29, 1.82) is 0 Å². The third-order valence-corrected chi connectivity index (χ3v) is 7.10. The van der Waals surface area contributed by atoms with Gasteiger partial charge in [0.05, 0.1) is 25.5 Å². The third-order valence-electron chi connectivity index (χ3n) is 5.27. The molecular formula is C20H32N4O3S. The van der Waals surface area contributed by atoms with Gasteiger partial charge in [0.25, 0.3) is 0 Å². The van der Waals surface area contributed by atoms with Crippen molar-refractivity contribution in [3.05, 3.63) is 35.4 Å². The third kappa shape index (κ3) is 5.93. The maximum atomic E-state index is 12.8. The minimum atomic E-state index is -3.35. The zero-order chi connectivity index (χ0) is 19.8. The summed E-state index contributed by atoms with van der Waals surface area (Å²) in [6.45, 7) is 5.09. The maximum absolute atomic E-state index is 12.8. The first-order valence-corrected chi connectivity index (χ1v) is 11.9. The standard InChI is InChI=1S/C20H32N4O3S/c1-2-21-20(23-19-9-5-6-10-19)22-15-17-7-3-4-8-18(17)16-28(25,26)24-11-13-27-14-12-24/h3-4,7-8,19H,2,5-6,9-16H2,1H3,(H2,21,22,23). The predicted molar refractivity (Wildman–Crippen MR) is 112 cm³/mol. The SMILES string of the molecule is CCNC(=NCc1ccccc1CS(=O)(=O)N1CCOCC1)NC1CCCC1. The highest BCUT2D eigenvalue weighted by atomic mass is 32.2. The second-order valence-corrected chi connectivity index (χ2v) is 9.33. The van der Waals surface area contributed by atoms with Crippen LogP contribution in [0, 0.1) is 0 Å². The zero-order valence-electron chi connectivity index (χ0n) is 16.7. The molecule has 0 spiro atoms. The molecule has 156 valence electrons. The van der Waals surface area contributed by atoms with Crippen LogP contribution in [0.15, 0.2) is 29.3 Å². The molecule has 1 aliphatic heterocycles. The molecule has 28 heavy (non-hydrogen) atoms. The Morgan fingerprint density at radius 2 is 1.86 bits per heavy atom. The van der Waals surface area contributed by atoms with E-state index in [2.05, 4.69) is 17.6 Å². The fourth-order valence-electron chi connectivity index (χ4n) is 3.71.